The summed E-state index contributed by atoms with van der Waals surface area (Å²) in [5, 5.41) is 3.36. The average Bonchev–Trinajstić information content (AvgIpc) is 2.46. The highest BCUT2D eigenvalue weighted by molar-refractivity contribution is 9.10. The molecule has 2 nitrogen and oxygen atoms in total. The molecule has 0 saturated carbocycles. The quantitative estimate of drug-likeness (QED) is 0.831. The second-order valence-electron chi connectivity index (χ2n) is 4.85. The topological polar surface area (TPSA) is 24.9 Å². The second-order valence-corrected chi connectivity index (χ2v) is 5.76. The maximum absolute atomic E-state index is 13.8. The molecule has 112 valence electrons. The van der Waals surface area contributed by atoms with Crippen LogP contribution in [0.2, 0.25) is 0 Å². The van der Waals surface area contributed by atoms with Gasteiger partial charge >= 0.3 is 0 Å². The summed E-state index contributed by atoms with van der Waals surface area (Å²) in [5.41, 5.74) is 1.32. The summed E-state index contributed by atoms with van der Waals surface area (Å²) in [5.74, 6) is -1.08. The summed E-state index contributed by atoms with van der Waals surface area (Å²) in [6.07, 6.45) is 3.12. The number of benzene rings is 1. The molecule has 0 saturated heterocycles. The fourth-order valence-electron chi connectivity index (χ4n) is 2.10. The summed E-state index contributed by atoms with van der Waals surface area (Å²) in [6.45, 7) is 2.88. The van der Waals surface area contributed by atoms with Crippen molar-refractivity contribution in [3.8, 4) is 0 Å². The van der Waals surface area contributed by atoms with E-state index >= 15 is 0 Å². The molecule has 1 N–H and O–H groups in total. The molecule has 1 aromatic heterocycles. The van der Waals surface area contributed by atoms with E-state index in [1.807, 2.05) is 12.1 Å². The van der Waals surface area contributed by atoms with Crippen molar-refractivity contribution >= 4 is 15.9 Å². The van der Waals surface area contributed by atoms with Crippen molar-refractivity contribution in [1.82, 2.24) is 10.3 Å². The number of rotatable bonds is 6. The summed E-state index contributed by atoms with van der Waals surface area (Å²) in [6, 6.07) is 7.40. The van der Waals surface area contributed by atoms with Gasteiger partial charge in [0.2, 0.25) is 0 Å². The number of aromatic nitrogens is 1. The molecule has 1 heterocycles. The van der Waals surface area contributed by atoms with E-state index in [1.165, 1.54) is 12.1 Å². The maximum atomic E-state index is 13.8. The van der Waals surface area contributed by atoms with E-state index in [0.29, 0.717) is 12.0 Å². The summed E-state index contributed by atoms with van der Waals surface area (Å²) in [7, 11) is 0. The van der Waals surface area contributed by atoms with E-state index < -0.39 is 11.6 Å². The molecule has 1 atom stereocenters. The minimum absolute atomic E-state index is 0.0991. The highest BCUT2D eigenvalue weighted by Gasteiger charge is 2.15. The minimum atomic E-state index is -0.559. The third-order valence-corrected chi connectivity index (χ3v) is 3.66. The molecular weight excluding hydrogens is 338 g/mol. The first kappa shape index (κ1) is 16.0. The Labute approximate surface area is 131 Å². The van der Waals surface area contributed by atoms with Crippen LogP contribution in [0.25, 0.3) is 0 Å². The van der Waals surface area contributed by atoms with Crippen LogP contribution < -0.4 is 5.32 Å². The molecule has 0 aliphatic heterocycles. The van der Waals surface area contributed by atoms with E-state index in [0.717, 1.165) is 29.2 Å². The van der Waals surface area contributed by atoms with Gasteiger partial charge in [0.25, 0.3) is 0 Å². The van der Waals surface area contributed by atoms with Crippen LogP contribution in [0.1, 0.15) is 30.6 Å². The molecule has 0 spiro atoms. The number of hydrogen-bond acceptors (Lipinski definition) is 2. The van der Waals surface area contributed by atoms with Crippen LogP contribution in [-0.2, 0) is 6.42 Å². The Kier molecular flexibility index (Phi) is 5.82. The van der Waals surface area contributed by atoms with Gasteiger partial charge in [-0.25, -0.2) is 8.78 Å². The van der Waals surface area contributed by atoms with Crippen molar-refractivity contribution in [2.24, 2.45) is 0 Å². The van der Waals surface area contributed by atoms with Gasteiger partial charge in [-0.15, -0.1) is 0 Å². The largest absolute Gasteiger partial charge is 0.308 e. The lowest BCUT2D eigenvalue weighted by Crippen LogP contribution is -2.25. The van der Waals surface area contributed by atoms with Crippen molar-refractivity contribution < 1.29 is 8.78 Å². The molecule has 21 heavy (non-hydrogen) atoms. The van der Waals surface area contributed by atoms with Gasteiger partial charge in [0.05, 0.1) is 11.7 Å². The maximum Gasteiger partial charge on any atom is 0.129 e. The SMILES string of the molecule is CCCNC(Cc1ccc(F)cc1F)c1ccc(Br)cn1. The summed E-state index contributed by atoms with van der Waals surface area (Å²) in [4.78, 5) is 4.37. The van der Waals surface area contributed by atoms with Crippen LogP contribution in [-0.4, -0.2) is 11.5 Å². The zero-order valence-electron chi connectivity index (χ0n) is 11.7. The zero-order valence-corrected chi connectivity index (χ0v) is 13.3. The Balaban J connectivity index is 2.21. The predicted octanol–water partition coefficient (Wildman–Crippen LogP) is 4.41. The Hall–Kier alpha value is -1.33. The normalized spacial score (nSPS) is 12.4. The number of nitrogens with zero attached hydrogens (tertiary/aromatic N) is 1. The van der Waals surface area contributed by atoms with Gasteiger partial charge in [-0.3, -0.25) is 4.98 Å². The lowest BCUT2D eigenvalue weighted by molar-refractivity contribution is 0.499. The third-order valence-electron chi connectivity index (χ3n) is 3.19. The van der Waals surface area contributed by atoms with Crippen LogP contribution in [0.15, 0.2) is 41.0 Å². The van der Waals surface area contributed by atoms with Crippen molar-refractivity contribution in [1.29, 1.82) is 0 Å². The first-order valence-electron chi connectivity index (χ1n) is 6.89. The van der Waals surface area contributed by atoms with Crippen LogP contribution in [0.4, 0.5) is 8.78 Å². The number of pyridine rings is 1. The highest BCUT2D eigenvalue weighted by Crippen LogP contribution is 2.21. The molecule has 2 rings (SSSR count). The van der Waals surface area contributed by atoms with Crippen molar-refractivity contribution in [2.45, 2.75) is 25.8 Å². The van der Waals surface area contributed by atoms with Crippen molar-refractivity contribution in [3.05, 3.63) is 63.9 Å². The van der Waals surface area contributed by atoms with E-state index in [1.54, 1.807) is 6.20 Å². The minimum Gasteiger partial charge on any atom is -0.308 e. The smallest absolute Gasteiger partial charge is 0.129 e. The third kappa shape index (κ3) is 4.58. The van der Waals surface area contributed by atoms with Gasteiger partial charge in [-0.2, -0.15) is 0 Å². The van der Waals surface area contributed by atoms with Crippen LogP contribution >= 0.6 is 15.9 Å². The average molecular weight is 355 g/mol. The first-order valence-corrected chi connectivity index (χ1v) is 7.68. The summed E-state index contributed by atoms with van der Waals surface area (Å²) >= 11 is 3.35. The molecule has 2 aromatic rings. The van der Waals surface area contributed by atoms with Crippen LogP contribution in [0.3, 0.4) is 0 Å². The molecule has 0 aliphatic carbocycles. The van der Waals surface area contributed by atoms with Gasteiger partial charge in [0.1, 0.15) is 11.6 Å². The Morgan fingerprint density at radius 2 is 2.05 bits per heavy atom. The highest BCUT2D eigenvalue weighted by atomic mass is 79.9. The molecule has 0 bridgehead atoms. The molecular formula is C16H17BrF2N2. The Bertz CT molecular complexity index is 587. The lowest BCUT2D eigenvalue weighted by atomic mass is 10.0. The fourth-order valence-corrected chi connectivity index (χ4v) is 2.33. The number of hydrogen-bond donors (Lipinski definition) is 1. The lowest BCUT2D eigenvalue weighted by Gasteiger charge is -2.18. The molecule has 5 heteroatoms. The summed E-state index contributed by atoms with van der Waals surface area (Å²) < 4.78 is 27.7. The van der Waals surface area contributed by atoms with Gasteiger partial charge < -0.3 is 5.32 Å². The van der Waals surface area contributed by atoms with E-state index in [4.69, 9.17) is 0 Å². The van der Waals surface area contributed by atoms with E-state index in [9.17, 15) is 8.78 Å². The van der Waals surface area contributed by atoms with Gasteiger partial charge in [0, 0.05) is 16.7 Å². The number of nitrogens with one attached hydrogen (secondary N) is 1. The standard InChI is InChI=1S/C16H17BrF2N2/c1-2-7-20-16(15-6-4-12(17)10-21-15)8-11-3-5-13(18)9-14(11)19/h3-6,9-10,16,20H,2,7-8H2,1H3. The Morgan fingerprint density at radius 3 is 2.67 bits per heavy atom. The van der Waals surface area contributed by atoms with E-state index in [2.05, 4.69) is 33.2 Å². The molecule has 0 radical (unpaired) electrons. The molecule has 1 unspecified atom stereocenters. The monoisotopic (exact) mass is 354 g/mol. The first-order chi connectivity index (χ1) is 10.1. The second kappa shape index (κ2) is 7.61. The zero-order chi connectivity index (χ0) is 15.2. The van der Waals surface area contributed by atoms with Gasteiger partial charge in [0.15, 0.2) is 0 Å². The molecule has 1 aromatic carbocycles. The number of halogens is 3. The molecule has 0 aliphatic rings. The molecule has 0 fully saturated rings. The van der Waals surface area contributed by atoms with E-state index in [-0.39, 0.29) is 6.04 Å². The van der Waals surface area contributed by atoms with Crippen LogP contribution in [0, 0.1) is 11.6 Å². The van der Waals surface area contributed by atoms with Crippen molar-refractivity contribution in [2.75, 3.05) is 6.54 Å². The van der Waals surface area contributed by atoms with Gasteiger partial charge in [-0.1, -0.05) is 13.0 Å². The van der Waals surface area contributed by atoms with Crippen LogP contribution in [0.5, 0.6) is 0 Å². The van der Waals surface area contributed by atoms with Crippen molar-refractivity contribution in [3.63, 3.8) is 0 Å². The Morgan fingerprint density at radius 1 is 1.24 bits per heavy atom. The fraction of sp³-hybridized carbons (Fsp3) is 0.312. The van der Waals surface area contributed by atoms with Gasteiger partial charge in [-0.05, 0) is 59.1 Å². The predicted molar refractivity (Wildman–Crippen MR) is 83.0 cm³/mol. The molecule has 0 amide bonds.